The van der Waals surface area contributed by atoms with E-state index >= 15 is 0 Å². The molecule has 0 spiro atoms. The summed E-state index contributed by atoms with van der Waals surface area (Å²) in [4.78, 5) is 21.1. The van der Waals surface area contributed by atoms with Crippen molar-refractivity contribution in [1.29, 1.82) is 0 Å². The maximum atomic E-state index is 12.7. The molecule has 4 heterocycles. The summed E-state index contributed by atoms with van der Waals surface area (Å²) in [6.45, 7) is 5.01. The highest BCUT2D eigenvalue weighted by molar-refractivity contribution is 6.04. The Kier molecular flexibility index (Phi) is 7.06. The highest BCUT2D eigenvalue weighted by Crippen LogP contribution is 2.25. The Hall–Kier alpha value is -3.79. The molecule has 0 unspecified atom stereocenters. The van der Waals surface area contributed by atoms with Crippen LogP contribution in [0, 0.1) is 0 Å². The first-order chi connectivity index (χ1) is 14.7. The summed E-state index contributed by atoms with van der Waals surface area (Å²) in [5, 5.41) is 13.9. The molecule has 4 rings (SSSR count). The number of hydrogen-bond acceptors (Lipinski definition) is 7. The van der Waals surface area contributed by atoms with Crippen LogP contribution >= 0.6 is 0 Å². The van der Waals surface area contributed by atoms with E-state index in [1.807, 2.05) is 13.8 Å². The van der Waals surface area contributed by atoms with Gasteiger partial charge >= 0.3 is 0 Å². The topological polar surface area (TPSA) is 124 Å². The van der Waals surface area contributed by atoms with Gasteiger partial charge in [-0.2, -0.15) is 10.2 Å². The molecule has 0 aliphatic rings. The molecular weight excluding hydrogens is 386 g/mol. The average molecular weight is 409 g/mol. The number of aromatic nitrogens is 6. The summed E-state index contributed by atoms with van der Waals surface area (Å²) in [5.74, 6) is 0.716. The SMILES string of the molecule is CC.COCCn1cc(NC(=O)c2ccc(-c3cn[nH]c3)o2)c(-c2ncccn2)n1. The molecule has 4 aromatic heterocycles. The number of H-pyrrole nitrogens is 1. The van der Waals surface area contributed by atoms with Crippen LogP contribution in [-0.4, -0.2) is 49.6 Å². The number of aromatic amines is 1. The van der Waals surface area contributed by atoms with Gasteiger partial charge in [-0.3, -0.25) is 14.6 Å². The van der Waals surface area contributed by atoms with E-state index in [9.17, 15) is 4.79 Å². The second kappa shape index (κ2) is 10.1. The third-order valence-corrected chi connectivity index (χ3v) is 3.92. The van der Waals surface area contributed by atoms with Gasteiger partial charge in [0.1, 0.15) is 5.76 Å². The molecule has 0 atom stereocenters. The Labute approximate surface area is 173 Å². The standard InChI is InChI=1S/C18H17N7O3.C2H6/c1-27-8-7-25-11-13(16(24-25)17-19-5-2-6-20-17)23-18(26)15-4-3-14(28-15)12-9-21-22-10-12;1-2/h2-6,9-11H,7-8H2,1H3,(H,21,22)(H,23,26);1-2H3. The second-order valence-electron chi connectivity index (χ2n) is 5.82. The molecule has 2 N–H and O–H groups in total. The highest BCUT2D eigenvalue weighted by atomic mass is 16.5. The Bertz CT molecular complexity index is 1060. The summed E-state index contributed by atoms with van der Waals surface area (Å²) >= 11 is 0. The van der Waals surface area contributed by atoms with Gasteiger partial charge in [0.25, 0.3) is 5.91 Å². The number of carbonyl (C=O) groups is 1. The van der Waals surface area contributed by atoms with Crippen molar-refractivity contribution in [3.63, 3.8) is 0 Å². The van der Waals surface area contributed by atoms with E-state index < -0.39 is 5.91 Å². The first-order valence-electron chi connectivity index (χ1n) is 9.48. The summed E-state index contributed by atoms with van der Waals surface area (Å²) in [5.41, 5.74) is 1.70. The number of furan rings is 1. The Morgan fingerprint density at radius 3 is 2.77 bits per heavy atom. The van der Waals surface area contributed by atoms with Gasteiger partial charge in [0.15, 0.2) is 17.3 Å². The van der Waals surface area contributed by atoms with E-state index in [-0.39, 0.29) is 5.76 Å². The maximum Gasteiger partial charge on any atom is 0.291 e. The molecule has 0 aliphatic heterocycles. The zero-order valence-electron chi connectivity index (χ0n) is 17.0. The van der Waals surface area contributed by atoms with Crippen molar-refractivity contribution in [2.75, 3.05) is 19.0 Å². The van der Waals surface area contributed by atoms with E-state index in [2.05, 4.69) is 30.6 Å². The Balaban J connectivity index is 0.00000124. The van der Waals surface area contributed by atoms with Crippen LogP contribution in [0.5, 0.6) is 0 Å². The van der Waals surface area contributed by atoms with Crippen LogP contribution in [0.15, 0.2) is 53.6 Å². The summed E-state index contributed by atoms with van der Waals surface area (Å²) < 4.78 is 12.4. The van der Waals surface area contributed by atoms with Crippen LogP contribution in [0.2, 0.25) is 0 Å². The third-order valence-electron chi connectivity index (χ3n) is 3.92. The molecule has 0 aromatic carbocycles. The molecular formula is C20H23N7O3. The molecule has 156 valence electrons. The minimum absolute atomic E-state index is 0.167. The summed E-state index contributed by atoms with van der Waals surface area (Å²) in [6, 6.07) is 5.03. The molecule has 0 radical (unpaired) electrons. The number of hydrogen-bond donors (Lipinski definition) is 2. The quantitative estimate of drug-likeness (QED) is 0.480. The second-order valence-corrected chi connectivity index (χ2v) is 5.82. The number of ether oxygens (including phenoxy) is 1. The van der Waals surface area contributed by atoms with Crippen molar-refractivity contribution in [2.24, 2.45) is 0 Å². The number of methoxy groups -OCH3 is 1. The minimum Gasteiger partial charge on any atom is -0.451 e. The van der Waals surface area contributed by atoms with Crippen molar-refractivity contribution in [2.45, 2.75) is 20.4 Å². The monoisotopic (exact) mass is 409 g/mol. The normalized spacial score (nSPS) is 10.4. The van der Waals surface area contributed by atoms with Gasteiger partial charge in [0.2, 0.25) is 0 Å². The predicted octanol–water partition coefficient (Wildman–Crippen LogP) is 3.25. The fraction of sp³-hybridized carbons (Fsp3) is 0.250. The van der Waals surface area contributed by atoms with Crippen LogP contribution in [0.3, 0.4) is 0 Å². The van der Waals surface area contributed by atoms with E-state index in [1.54, 1.807) is 61.0 Å². The Morgan fingerprint density at radius 2 is 2.07 bits per heavy atom. The first kappa shape index (κ1) is 20.9. The highest BCUT2D eigenvalue weighted by Gasteiger charge is 2.19. The molecule has 1 amide bonds. The number of anilines is 1. The lowest BCUT2D eigenvalue weighted by Crippen LogP contribution is -2.11. The fourth-order valence-corrected chi connectivity index (χ4v) is 2.58. The lowest BCUT2D eigenvalue weighted by atomic mass is 10.3. The van der Waals surface area contributed by atoms with Crippen molar-refractivity contribution in [3.8, 4) is 22.8 Å². The maximum absolute atomic E-state index is 12.7. The minimum atomic E-state index is -0.404. The van der Waals surface area contributed by atoms with Gasteiger partial charge in [0.05, 0.1) is 30.6 Å². The van der Waals surface area contributed by atoms with Crippen LogP contribution in [0.25, 0.3) is 22.8 Å². The van der Waals surface area contributed by atoms with Crippen molar-refractivity contribution >= 4 is 11.6 Å². The third kappa shape index (κ3) is 4.78. The fourth-order valence-electron chi connectivity index (χ4n) is 2.58. The summed E-state index contributed by atoms with van der Waals surface area (Å²) in [6.07, 6.45) is 8.25. The Morgan fingerprint density at radius 1 is 1.27 bits per heavy atom. The first-order valence-corrected chi connectivity index (χ1v) is 9.48. The number of amides is 1. The molecule has 0 fully saturated rings. The van der Waals surface area contributed by atoms with E-state index in [4.69, 9.17) is 9.15 Å². The number of carbonyl (C=O) groups excluding carboxylic acids is 1. The van der Waals surface area contributed by atoms with Gasteiger partial charge in [-0.1, -0.05) is 13.8 Å². The number of rotatable bonds is 7. The largest absolute Gasteiger partial charge is 0.451 e. The zero-order chi connectivity index (χ0) is 21.3. The van der Waals surface area contributed by atoms with Crippen molar-refractivity contribution in [1.82, 2.24) is 29.9 Å². The zero-order valence-corrected chi connectivity index (χ0v) is 17.0. The molecule has 0 aliphatic carbocycles. The lowest BCUT2D eigenvalue weighted by Gasteiger charge is -2.02. The predicted molar refractivity (Wildman–Crippen MR) is 111 cm³/mol. The lowest BCUT2D eigenvalue weighted by molar-refractivity contribution is 0.0997. The van der Waals surface area contributed by atoms with Crippen molar-refractivity contribution in [3.05, 3.63) is 54.9 Å². The molecule has 10 nitrogen and oxygen atoms in total. The van der Waals surface area contributed by atoms with E-state index in [1.165, 1.54) is 0 Å². The van der Waals surface area contributed by atoms with Gasteiger partial charge in [-0.25, -0.2) is 9.97 Å². The van der Waals surface area contributed by atoms with Crippen LogP contribution in [0.4, 0.5) is 5.69 Å². The molecule has 0 bridgehead atoms. The van der Waals surface area contributed by atoms with Crippen LogP contribution in [-0.2, 0) is 11.3 Å². The molecule has 10 heteroatoms. The smallest absolute Gasteiger partial charge is 0.291 e. The van der Waals surface area contributed by atoms with E-state index in [0.29, 0.717) is 36.1 Å². The van der Waals surface area contributed by atoms with Gasteiger partial charge in [-0.05, 0) is 18.2 Å². The molecule has 0 saturated carbocycles. The van der Waals surface area contributed by atoms with Crippen LogP contribution in [0.1, 0.15) is 24.4 Å². The van der Waals surface area contributed by atoms with Gasteiger partial charge < -0.3 is 14.5 Å². The van der Waals surface area contributed by atoms with Crippen LogP contribution < -0.4 is 5.32 Å². The van der Waals surface area contributed by atoms with Gasteiger partial charge in [-0.15, -0.1) is 0 Å². The molecule has 30 heavy (non-hydrogen) atoms. The molecule has 4 aromatic rings. The molecule has 0 saturated heterocycles. The van der Waals surface area contributed by atoms with Gasteiger partial charge in [0, 0.05) is 31.9 Å². The number of nitrogens with one attached hydrogen (secondary N) is 2. The average Bonchev–Trinajstić information content (AvgIpc) is 3.54. The number of nitrogens with zero attached hydrogens (tertiary/aromatic N) is 5. The van der Waals surface area contributed by atoms with Crippen molar-refractivity contribution < 1.29 is 13.9 Å². The van der Waals surface area contributed by atoms with E-state index in [0.717, 1.165) is 5.56 Å². The summed E-state index contributed by atoms with van der Waals surface area (Å²) in [7, 11) is 1.61.